The van der Waals surface area contributed by atoms with Gasteiger partial charge in [-0.15, -0.1) is 0 Å². The van der Waals surface area contributed by atoms with Crippen molar-refractivity contribution >= 4 is 17.8 Å². The Hall–Kier alpha value is -3.97. The lowest BCUT2D eigenvalue weighted by molar-refractivity contribution is -0.142. The number of nitrogens with one attached hydrogen (secondary N) is 2. The van der Waals surface area contributed by atoms with Gasteiger partial charge in [-0.25, -0.2) is 0 Å². The smallest absolute Gasteiger partial charge is 0.304 e. The first-order valence-electron chi connectivity index (χ1n) is 14.0. The van der Waals surface area contributed by atoms with Crippen LogP contribution in [0.25, 0.3) is 11.1 Å². The summed E-state index contributed by atoms with van der Waals surface area (Å²) in [5, 5.41) is 15.3. The Morgan fingerprint density at radius 2 is 1.51 bits per heavy atom. The summed E-state index contributed by atoms with van der Waals surface area (Å²) in [6.07, 6.45) is 0.760. The molecule has 3 N–H and O–H groups in total. The third kappa shape index (κ3) is 9.29. The number of aryl methyl sites for hydroxylation is 2. The molecule has 3 rings (SSSR count). The molecule has 0 spiro atoms. The van der Waals surface area contributed by atoms with Gasteiger partial charge in [0.2, 0.25) is 11.8 Å². The normalized spacial score (nSPS) is 13.6. The molecule has 0 bridgehead atoms. The maximum atomic E-state index is 13.4. The second-order valence-electron chi connectivity index (χ2n) is 11.5. The van der Waals surface area contributed by atoms with Gasteiger partial charge in [-0.3, -0.25) is 14.4 Å². The highest BCUT2D eigenvalue weighted by Gasteiger charge is 2.36. The Labute approximate surface area is 243 Å². The van der Waals surface area contributed by atoms with Crippen LogP contribution in [-0.2, 0) is 25.5 Å². The summed E-state index contributed by atoms with van der Waals surface area (Å²) in [7, 11) is 1.50. The van der Waals surface area contributed by atoms with Crippen LogP contribution in [-0.4, -0.2) is 36.0 Å². The highest BCUT2D eigenvalue weighted by Crippen LogP contribution is 2.26. The molecule has 218 valence electrons. The number of methoxy groups -OCH3 is 1. The van der Waals surface area contributed by atoms with Crippen LogP contribution in [0.2, 0.25) is 0 Å². The molecule has 0 heterocycles. The third-order valence-corrected chi connectivity index (χ3v) is 7.21. The summed E-state index contributed by atoms with van der Waals surface area (Å²) in [6, 6.07) is 24.9. The van der Waals surface area contributed by atoms with Crippen LogP contribution in [0.1, 0.15) is 63.0 Å². The molecule has 7 heteroatoms. The maximum absolute atomic E-state index is 13.4. The van der Waals surface area contributed by atoms with Crippen molar-refractivity contribution in [3.05, 3.63) is 95.6 Å². The molecule has 3 aromatic carbocycles. The van der Waals surface area contributed by atoms with E-state index >= 15 is 0 Å². The molecule has 0 aliphatic heterocycles. The van der Waals surface area contributed by atoms with E-state index in [9.17, 15) is 19.5 Å². The van der Waals surface area contributed by atoms with Crippen LogP contribution >= 0.6 is 0 Å². The topological polar surface area (TPSA) is 105 Å². The number of ether oxygens (including phenoxy) is 1. The van der Waals surface area contributed by atoms with E-state index in [1.807, 2.05) is 69.3 Å². The van der Waals surface area contributed by atoms with E-state index in [-0.39, 0.29) is 6.42 Å². The second-order valence-corrected chi connectivity index (χ2v) is 11.5. The highest BCUT2D eigenvalue weighted by molar-refractivity contribution is 5.90. The van der Waals surface area contributed by atoms with E-state index in [1.54, 1.807) is 0 Å². The second kappa shape index (κ2) is 14.6. The standard InChI is InChI=1S/C34H42N2O5/c1-23-21-24(19-20-28(23)25-14-8-6-9-15-25)13-12-18-27(22-29(37)38)31(39)35-30(34(2,3)4)32(40)36-33(41-5)26-16-10-7-11-17-26/h6-11,14-17,19-21,27,30,33H,12-13,18,22H2,1-5H3,(H,35,39)(H,36,40)(H,37,38)/t27?,30-,33-/m1/s1. The molecule has 3 aromatic rings. The fourth-order valence-electron chi connectivity index (χ4n) is 4.97. The average molecular weight is 559 g/mol. The predicted octanol–water partition coefficient (Wildman–Crippen LogP) is 6.07. The summed E-state index contributed by atoms with van der Waals surface area (Å²) >= 11 is 0. The molecule has 7 nitrogen and oxygen atoms in total. The number of carboxylic acid groups (broad SMARTS) is 1. The molecular weight excluding hydrogens is 516 g/mol. The fraction of sp³-hybridized carbons (Fsp3) is 0.382. The Balaban J connectivity index is 1.66. The molecule has 3 atom stereocenters. The van der Waals surface area contributed by atoms with E-state index < -0.39 is 41.4 Å². The molecule has 0 saturated carbocycles. The number of rotatable bonds is 13. The Morgan fingerprint density at radius 3 is 2.07 bits per heavy atom. The molecule has 0 saturated heterocycles. The van der Waals surface area contributed by atoms with Gasteiger partial charge in [0.15, 0.2) is 6.23 Å². The van der Waals surface area contributed by atoms with E-state index in [2.05, 4.69) is 47.9 Å². The highest BCUT2D eigenvalue weighted by atomic mass is 16.5. The average Bonchev–Trinajstić information content (AvgIpc) is 2.94. The van der Waals surface area contributed by atoms with E-state index in [1.165, 1.54) is 12.7 Å². The summed E-state index contributed by atoms with van der Waals surface area (Å²) in [4.78, 5) is 38.4. The maximum Gasteiger partial charge on any atom is 0.304 e. The van der Waals surface area contributed by atoms with Gasteiger partial charge in [-0.1, -0.05) is 99.6 Å². The summed E-state index contributed by atoms with van der Waals surface area (Å²) in [6.45, 7) is 7.65. The zero-order chi connectivity index (χ0) is 30.0. The van der Waals surface area contributed by atoms with Crippen molar-refractivity contribution in [2.24, 2.45) is 11.3 Å². The van der Waals surface area contributed by atoms with Gasteiger partial charge in [0.1, 0.15) is 6.04 Å². The quantitative estimate of drug-likeness (QED) is 0.221. The van der Waals surface area contributed by atoms with Crippen LogP contribution in [0.5, 0.6) is 0 Å². The van der Waals surface area contributed by atoms with Crippen LogP contribution in [0.3, 0.4) is 0 Å². The Morgan fingerprint density at radius 1 is 0.878 bits per heavy atom. The number of carbonyl (C=O) groups is 3. The SMILES string of the molecule is CO[C@@H](NC(=O)[C@@H](NC(=O)C(CCCc1ccc(-c2ccccc2)c(C)c1)CC(=O)O)C(C)(C)C)c1ccccc1. The minimum Gasteiger partial charge on any atom is -0.481 e. The van der Waals surface area contributed by atoms with Gasteiger partial charge < -0.3 is 20.5 Å². The summed E-state index contributed by atoms with van der Waals surface area (Å²) in [5.41, 5.74) is 4.78. The predicted molar refractivity (Wildman–Crippen MR) is 161 cm³/mol. The lowest BCUT2D eigenvalue weighted by Crippen LogP contribution is -2.55. The minimum atomic E-state index is -1.05. The van der Waals surface area contributed by atoms with Crippen molar-refractivity contribution in [3.8, 4) is 11.1 Å². The summed E-state index contributed by atoms with van der Waals surface area (Å²) in [5.74, 6) is -2.65. The molecule has 41 heavy (non-hydrogen) atoms. The first kappa shape index (κ1) is 31.6. The van der Waals surface area contributed by atoms with Crippen LogP contribution in [0.4, 0.5) is 0 Å². The molecular formula is C34H42N2O5. The van der Waals surface area contributed by atoms with Crippen molar-refractivity contribution in [2.45, 2.75) is 65.6 Å². The van der Waals surface area contributed by atoms with E-state index in [0.29, 0.717) is 12.8 Å². The number of hydrogen-bond acceptors (Lipinski definition) is 4. The zero-order valence-electron chi connectivity index (χ0n) is 24.6. The molecule has 1 unspecified atom stereocenters. The van der Waals surface area contributed by atoms with E-state index in [4.69, 9.17) is 4.74 Å². The van der Waals surface area contributed by atoms with Gasteiger partial charge in [0.25, 0.3) is 0 Å². The Kier molecular flexibility index (Phi) is 11.2. The fourth-order valence-corrected chi connectivity index (χ4v) is 4.97. The molecule has 2 amide bonds. The molecule has 0 radical (unpaired) electrons. The van der Waals surface area contributed by atoms with E-state index in [0.717, 1.165) is 28.7 Å². The van der Waals surface area contributed by atoms with Gasteiger partial charge >= 0.3 is 5.97 Å². The van der Waals surface area contributed by atoms with Gasteiger partial charge in [0, 0.05) is 18.6 Å². The van der Waals surface area contributed by atoms with Crippen molar-refractivity contribution in [1.82, 2.24) is 10.6 Å². The molecule has 0 aromatic heterocycles. The van der Waals surface area contributed by atoms with Crippen molar-refractivity contribution in [3.63, 3.8) is 0 Å². The number of hydrogen-bond donors (Lipinski definition) is 3. The van der Waals surface area contributed by atoms with Crippen molar-refractivity contribution < 1.29 is 24.2 Å². The number of amides is 2. The molecule has 0 aliphatic carbocycles. The first-order valence-corrected chi connectivity index (χ1v) is 14.0. The van der Waals surface area contributed by atoms with Gasteiger partial charge in [-0.2, -0.15) is 0 Å². The van der Waals surface area contributed by atoms with Crippen LogP contribution < -0.4 is 10.6 Å². The lowest BCUT2D eigenvalue weighted by Gasteiger charge is -2.33. The Bertz CT molecular complexity index is 1300. The monoisotopic (exact) mass is 558 g/mol. The number of aliphatic carboxylic acids is 1. The van der Waals surface area contributed by atoms with Gasteiger partial charge in [-0.05, 0) is 53.9 Å². The zero-order valence-corrected chi connectivity index (χ0v) is 24.6. The summed E-state index contributed by atoms with van der Waals surface area (Å²) < 4.78 is 5.49. The van der Waals surface area contributed by atoms with Crippen LogP contribution in [0, 0.1) is 18.3 Å². The largest absolute Gasteiger partial charge is 0.481 e. The lowest BCUT2D eigenvalue weighted by atomic mass is 9.85. The number of benzene rings is 3. The van der Waals surface area contributed by atoms with Crippen molar-refractivity contribution in [2.75, 3.05) is 7.11 Å². The van der Waals surface area contributed by atoms with Gasteiger partial charge in [0.05, 0.1) is 6.42 Å². The van der Waals surface area contributed by atoms with Crippen molar-refractivity contribution in [1.29, 1.82) is 0 Å². The molecule has 0 fully saturated rings. The minimum absolute atomic E-state index is 0.305. The third-order valence-electron chi connectivity index (χ3n) is 7.21. The number of carboxylic acids is 1. The first-order chi connectivity index (χ1) is 19.5. The van der Waals surface area contributed by atoms with Crippen LogP contribution in [0.15, 0.2) is 78.9 Å². The number of carbonyl (C=O) groups excluding carboxylic acids is 2. The molecule has 0 aliphatic rings.